The Morgan fingerprint density at radius 2 is 1.93 bits per heavy atom. The molecule has 2 aromatic rings. The van der Waals surface area contributed by atoms with Crippen LogP contribution in [0.4, 0.5) is 11.4 Å². The van der Waals surface area contributed by atoms with Crippen LogP contribution in [0.25, 0.3) is 0 Å². The molecule has 0 aliphatic carbocycles. The predicted molar refractivity (Wildman–Crippen MR) is 104 cm³/mol. The molecule has 1 saturated heterocycles. The van der Waals surface area contributed by atoms with E-state index in [2.05, 4.69) is 5.32 Å². The Morgan fingerprint density at radius 1 is 1.19 bits per heavy atom. The minimum atomic E-state index is -3.31. The maximum absolute atomic E-state index is 12.1. The molecule has 0 atom stereocenters. The Morgan fingerprint density at radius 3 is 2.56 bits per heavy atom. The second-order valence-electron chi connectivity index (χ2n) is 6.28. The van der Waals surface area contributed by atoms with Crippen LogP contribution in [0.3, 0.4) is 0 Å². The Labute approximate surface area is 158 Å². The van der Waals surface area contributed by atoms with Crippen molar-refractivity contribution in [3.05, 3.63) is 48.0 Å². The number of hydrogen-bond acceptors (Lipinski definition) is 5. The van der Waals surface area contributed by atoms with Gasteiger partial charge in [0.25, 0.3) is 5.91 Å². The van der Waals surface area contributed by atoms with E-state index in [9.17, 15) is 13.2 Å². The van der Waals surface area contributed by atoms with Crippen molar-refractivity contribution in [2.24, 2.45) is 0 Å². The standard InChI is InChI=1S/C19H22N2O5S/c1-14-4-7-16(8-5-14)26-13-19(22)20-15-6-9-17(18(12-15)25-2)21-10-3-11-27(21,23)24/h4-9,12H,3,10-11,13H2,1-2H3,(H,20,22). The molecule has 2 aromatic carbocycles. The van der Waals surface area contributed by atoms with Crippen molar-refractivity contribution in [3.8, 4) is 11.5 Å². The predicted octanol–water partition coefficient (Wildman–Crippen LogP) is 2.56. The number of methoxy groups -OCH3 is 1. The molecule has 1 amide bonds. The highest BCUT2D eigenvalue weighted by Crippen LogP contribution is 2.35. The van der Waals surface area contributed by atoms with Crippen LogP contribution in [0, 0.1) is 6.92 Å². The summed E-state index contributed by atoms with van der Waals surface area (Å²) in [5, 5.41) is 2.72. The first-order valence-corrected chi connectivity index (χ1v) is 10.2. The first-order chi connectivity index (χ1) is 12.9. The lowest BCUT2D eigenvalue weighted by Gasteiger charge is -2.20. The summed E-state index contributed by atoms with van der Waals surface area (Å²) in [7, 11) is -1.84. The molecule has 7 nitrogen and oxygen atoms in total. The van der Waals surface area contributed by atoms with E-state index in [4.69, 9.17) is 9.47 Å². The fourth-order valence-corrected chi connectivity index (χ4v) is 4.42. The molecule has 1 aliphatic heterocycles. The third-order valence-electron chi connectivity index (χ3n) is 4.22. The molecule has 8 heteroatoms. The highest BCUT2D eigenvalue weighted by atomic mass is 32.2. The van der Waals surface area contributed by atoms with E-state index in [1.54, 1.807) is 30.3 Å². The van der Waals surface area contributed by atoms with Gasteiger partial charge in [0.15, 0.2) is 6.61 Å². The van der Waals surface area contributed by atoms with E-state index in [1.807, 2.05) is 19.1 Å². The van der Waals surface area contributed by atoms with Gasteiger partial charge in [-0.1, -0.05) is 17.7 Å². The summed E-state index contributed by atoms with van der Waals surface area (Å²) >= 11 is 0. The molecule has 1 heterocycles. The SMILES string of the molecule is COc1cc(NC(=O)COc2ccc(C)cc2)ccc1N1CCCS1(=O)=O. The lowest BCUT2D eigenvalue weighted by molar-refractivity contribution is -0.118. The van der Waals surface area contributed by atoms with E-state index >= 15 is 0 Å². The maximum atomic E-state index is 12.1. The van der Waals surface area contributed by atoms with Crippen molar-refractivity contribution < 1.29 is 22.7 Å². The molecule has 0 bridgehead atoms. The Balaban J connectivity index is 1.66. The van der Waals surface area contributed by atoms with Crippen molar-refractivity contribution in [2.45, 2.75) is 13.3 Å². The van der Waals surface area contributed by atoms with E-state index in [0.717, 1.165) is 5.56 Å². The zero-order valence-electron chi connectivity index (χ0n) is 15.3. The average Bonchev–Trinajstić information content (AvgIpc) is 3.00. The summed E-state index contributed by atoms with van der Waals surface area (Å²) in [6.45, 7) is 2.27. The molecule has 144 valence electrons. The summed E-state index contributed by atoms with van der Waals surface area (Å²) in [5.41, 5.74) is 2.09. The summed E-state index contributed by atoms with van der Waals surface area (Å²) in [6, 6.07) is 12.3. The van der Waals surface area contributed by atoms with Gasteiger partial charge in [0, 0.05) is 18.3 Å². The number of benzene rings is 2. The van der Waals surface area contributed by atoms with Crippen LogP contribution in [0.1, 0.15) is 12.0 Å². The van der Waals surface area contributed by atoms with Gasteiger partial charge in [-0.2, -0.15) is 0 Å². The molecule has 1 aliphatic rings. The van der Waals surface area contributed by atoms with Gasteiger partial charge in [-0.15, -0.1) is 0 Å². The van der Waals surface area contributed by atoms with E-state index in [1.165, 1.54) is 11.4 Å². The highest BCUT2D eigenvalue weighted by Gasteiger charge is 2.30. The second-order valence-corrected chi connectivity index (χ2v) is 8.29. The summed E-state index contributed by atoms with van der Waals surface area (Å²) in [6.07, 6.45) is 0.584. The first-order valence-electron chi connectivity index (χ1n) is 8.57. The van der Waals surface area contributed by atoms with Crippen molar-refractivity contribution in [1.29, 1.82) is 0 Å². The average molecular weight is 390 g/mol. The van der Waals surface area contributed by atoms with Crippen LogP contribution in [0.15, 0.2) is 42.5 Å². The van der Waals surface area contributed by atoms with Crippen LogP contribution >= 0.6 is 0 Å². The van der Waals surface area contributed by atoms with Gasteiger partial charge in [0.1, 0.15) is 11.5 Å². The monoisotopic (exact) mass is 390 g/mol. The third-order valence-corrected chi connectivity index (χ3v) is 6.08. The van der Waals surface area contributed by atoms with Crippen molar-refractivity contribution >= 4 is 27.3 Å². The first kappa shape index (κ1) is 19.0. The fourth-order valence-electron chi connectivity index (χ4n) is 2.85. The lowest BCUT2D eigenvalue weighted by atomic mass is 10.2. The molecule has 0 unspecified atom stereocenters. The summed E-state index contributed by atoms with van der Waals surface area (Å²) in [4.78, 5) is 12.1. The Hall–Kier alpha value is -2.74. The van der Waals surface area contributed by atoms with Crippen LogP contribution in [0.2, 0.25) is 0 Å². The maximum Gasteiger partial charge on any atom is 0.262 e. The minimum Gasteiger partial charge on any atom is -0.494 e. The van der Waals surface area contributed by atoms with Gasteiger partial charge in [0.2, 0.25) is 10.0 Å². The number of ether oxygens (including phenoxy) is 2. The number of rotatable bonds is 6. The number of anilines is 2. The summed E-state index contributed by atoms with van der Waals surface area (Å²) in [5.74, 6) is 0.810. The Bertz CT molecular complexity index is 926. The number of sulfonamides is 1. The number of nitrogens with one attached hydrogen (secondary N) is 1. The number of hydrogen-bond donors (Lipinski definition) is 1. The van der Waals surface area contributed by atoms with Crippen molar-refractivity contribution in [1.82, 2.24) is 0 Å². The lowest BCUT2D eigenvalue weighted by Crippen LogP contribution is -2.25. The smallest absolute Gasteiger partial charge is 0.262 e. The van der Waals surface area contributed by atoms with Crippen LogP contribution in [0.5, 0.6) is 11.5 Å². The molecule has 3 rings (SSSR count). The molecule has 0 radical (unpaired) electrons. The zero-order chi connectivity index (χ0) is 19.4. The second kappa shape index (κ2) is 7.87. The largest absolute Gasteiger partial charge is 0.494 e. The van der Waals surface area contributed by atoms with E-state index in [0.29, 0.717) is 35.8 Å². The van der Waals surface area contributed by atoms with E-state index < -0.39 is 10.0 Å². The molecule has 1 N–H and O–H groups in total. The molecule has 0 saturated carbocycles. The number of carbonyl (C=O) groups excluding carboxylic acids is 1. The number of amides is 1. The van der Waals surface area contributed by atoms with Crippen LogP contribution in [-0.2, 0) is 14.8 Å². The van der Waals surface area contributed by atoms with Gasteiger partial charge in [-0.25, -0.2) is 8.42 Å². The zero-order valence-corrected chi connectivity index (χ0v) is 16.1. The molecular formula is C19H22N2O5S. The molecule has 0 aromatic heterocycles. The van der Waals surface area contributed by atoms with Gasteiger partial charge in [-0.05, 0) is 37.6 Å². The van der Waals surface area contributed by atoms with Gasteiger partial charge in [-0.3, -0.25) is 9.10 Å². The topological polar surface area (TPSA) is 84.9 Å². The van der Waals surface area contributed by atoms with Crippen molar-refractivity contribution in [2.75, 3.05) is 35.6 Å². The fraction of sp³-hybridized carbons (Fsp3) is 0.316. The van der Waals surface area contributed by atoms with Gasteiger partial charge < -0.3 is 14.8 Å². The molecule has 1 fully saturated rings. The number of nitrogens with zero attached hydrogens (tertiary/aromatic N) is 1. The van der Waals surface area contributed by atoms with E-state index in [-0.39, 0.29) is 18.3 Å². The molecule has 27 heavy (non-hydrogen) atoms. The number of carbonyl (C=O) groups is 1. The van der Waals surface area contributed by atoms with Crippen LogP contribution < -0.4 is 19.1 Å². The minimum absolute atomic E-state index is 0.130. The highest BCUT2D eigenvalue weighted by molar-refractivity contribution is 7.93. The summed E-state index contributed by atoms with van der Waals surface area (Å²) < 4.78 is 36.4. The Kier molecular flexibility index (Phi) is 5.55. The third kappa shape index (κ3) is 4.51. The number of aryl methyl sites for hydroxylation is 1. The van der Waals surface area contributed by atoms with Crippen molar-refractivity contribution in [3.63, 3.8) is 0 Å². The van der Waals surface area contributed by atoms with Crippen LogP contribution in [-0.4, -0.2) is 40.3 Å². The molecular weight excluding hydrogens is 368 g/mol. The van der Waals surface area contributed by atoms with Gasteiger partial charge >= 0.3 is 0 Å². The normalized spacial score (nSPS) is 15.4. The quantitative estimate of drug-likeness (QED) is 0.819. The molecule has 0 spiro atoms. The van der Waals surface area contributed by atoms with Gasteiger partial charge in [0.05, 0.1) is 18.6 Å².